The van der Waals surface area contributed by atoms with E-state index in [1.807, 2.05) is 4.90 Å². The summed E-state index contributed by atoms with van der Waals surface area (Å²) in [7, 11) is -3.54. The maximum atomic E-state index is 12.9. The van der Waals surface area contributed by atoms with Crippen molar-refractivity contribution in [2.45, 2.75) is 24.2 Å². The number of ether oxygens (including phenoxy) is 1. The Labute approximate surface area is 157 Å². The van der Waals surface area contributed by atoms with Gasteiger partial charge in [-0.25, -0.2) is 27.5 Å². The molecule has 0 amide bonds. The third-order valence-corrected chi connectivity index (χ3v) is 6.46. The van der Waals surface area contributed by atoms with Crippen LogP contribution in [0.3, 0.4) is 0 Å². The molecule has 3 heterocycles. The minimum absolute atomic E-state index is 0.245. The van der Waals surface area contributed by atoms with Crippen LogP contribution in [0.1, 0.15) is 18.4 Å². The first-order valence-corrected chi connectivity index (χ1v) is 10.5. The molecule has 4 rings (SSSR count). The highest BCUT2D eigenvalue weighted by Crippen LogP contribution is 2.28. The molecule has 0 bridgehead atoms. The lowest BCUT2D eigenvalue weighted by Crippen LogP contribution is -2.39. The van der Waals surface area contributed by atoms with E-state index in [9.17, 15) is 12.8 Å². The van der Waals surface area contributed by atoms with Crippen LogP contribution >= 0.6 is 0 Å². The van der Waals surface area contributed by atoms with Crippen molar-refractivity contribution in [3.05, 3.63) is 42.0 Å². The molecule has 27 heavy (non-hydrogen) atoms. The zero-order valence-electron chi connectivity index (χ0n) is 14.8. The summed E-state index contributed by atoms with van der Waals surface area (Å²) >= 11 is 0. The summed E-state index contributed by atoms with van der Waals surface area (Å²) in [5, 5.41) is 0. The number of rotatable bonds is 5. The van der Waals surface area contributed by atoms with Crippen LogP contribution in [-0.2, 0) is 16.4 Å². The van der Waals surface area contributed by atoms with Crippen molar-refractivity contribution in [3.63, 3.8) is 0 Å². The van der Waals surface area contributed by atoms with E-state index in [0.29, 0.717) is 32.2 Å². The summed E-state index contributed by atoms with van der Waals surface area (Å²) in [6.45, 7) is 2.43. The SMILES string of the molecule is O=S(=O)(NCC1CCN(c2ncc(F)cn2)CC1)c1ccc2c(c1)CCO2. The molecule has 2 aliphatic heterocycles. The Morgan fingerprint density at radius 1 is 1.22 bits per heavy atom. The van der Waals surface area contributed by atoms with Crippen LogP contribution in [0.4, 0.5) is 10.3 Å². The molecular weight excluding hydrogens is 371 g/mol. The first-order valence-electron chi connectivity index (χ1n) is 8.99. The molecule has 7 nitrogen and oxygen atoms in total. The average Bonchev–Trinajstić information content (AvgIpc) is 3.15. The molecule has 2 aliphatic rings. The van der Waals surface area contributed by atoms with Gasteiger partial charge in [-0.15, -0.1) is 0 Å². The van der Waals surface area contributed by atoms with Gasteiger partial charge in [-0.2, -0.15) is 0 Å². The van der Waals surface area contributed by atoms with Crippen LogP contribution in [0.15, 0.2) is 35.5 Å². The van der Waals surface area contributed by atoms with Crippen molar-refractivity contribution < 1.29 is 17.5 Å². The van der Waals surface area contributed by atoms with Crippen molar-refractivity contribution in [1.82, 2.24) is 14.7 Å². The fraction of sp³-hybridized carbons (Fsp3) is 0.444. The molecule has 0 saturated carbocycles. The topological polar surface area (TPSA) is 84.4 Å². The highest BCUT2D eigenvalue weighted by Gasteiger charge is 2.24. The van der Waals surface area contributed by atoms with Gasteiger partial charge in [-0.05, 0) is 42.5 Å². The van der Waals surface area contributed by atoms with Crippen LogP contribution in [0.25, 0.3) is 0 Å². The number of benzene rings is 1. The number of anilines is 1. The van der Waals surface area contributed by atoms with Gasteiger partial charge in [-0.1, -0.05) is 0 Å². The zero-order valence-corrected chi connectivity index (χ0v) is 15.6. The Balaban J connectivity index is 1.32. The van der Waals surface area contributed by atoms with E-state index in [4.69, 9.17) is 4.74 Å². The maximum Gasteiger partial charge on any atom is 0.240 e. The second-order valence-corrected chi connectivity index (χ2v) is 8.62. The van der Waals surface area contributed by atoms with Crippen LogP contribution < -0.4 is 14.4 Å². The van der Waals surface area contributed by atoms with E-state index in [1.54, 1.807) is 18.2 Å². The number of sulfonamides is 1. The second kappa shape index (κ2) is 7.40. The molecule has 1 fully saturated rings. The molecule has 2 aromatic rings. The molecule has 144 valence electrons. The molecule has 1 saturated heterocycles. The normalized spacial score (nSPS) is 17.6. The standard InChI is InChI=1S/C18H21FN4O3S/c19-15-11-20-18(21-12-15)23-6-3-13(4-7-23)10-22-27(24,25)16-1-2-17-14(9-16)5-8-26-17/h1-2,9,11-13,22H,3-8,10H2. The summed E-state index contributed by atoms with van der Waals surface area (Å²) in [5.41, 5.74) is 0.936. The van der Waals surface area contributed by atoms with Crippen molar-refractivity contribution >= 4 is 16.0 Å². The maximum absolute atomic E-state index is 12.9. The Hall–Kier alpha value is -2.26. The predicted molar refractivity (Wildman–Crippen MR) is 97.8 cm³/mol. The molecule has 9 heteroatoms. The third kappa shape index (κ3) is 4.03. The van der Waals surface area contributed by atoms with Crippen molar-refractivity contribution in [2.75, 3.05) is 31.1 Å². The van der Waals surface area contributed by atoms with Crippen molar-refractivity contribution in [3.8, 4) is 5.75 Å². The molecule has 0 spiro atoms. The van der Waals surface area contributed by atoms with E-state index < -0.39 is 15.8 Å². The molecule has 0 aliphatic carbocycles. The fourth-order valence-corrected chi connectivity index (χ4v) is 4.61. The smallest absolute Gasteiger partial charge is 0.240 e. The minimum Gasteiger partial charge on any atom is -0.493 e. The van der Waals surface area contributed by atoms with Crippen LogP contribution in [0.2, 0.25) is 0 Å². The van der Waals surface area contributed by atoms with Gasteiger partial charge < -0.3 is 9.64 Å². The summed E-state index contributed by atoms with van der Waals surface area (Å²) < 4.78 is 46.2. The van der Waals surface area contributed by atoms with Gasteiger partial charge in [0.05, 0.1) is 23.9 Å². The molecule has 1 N–H and O–H groups in total. The number of aromatic nitrogens is 2. The van der Waals surface area contributed by atoms with E-state index in [-0.39, 0.29) is 10.8 Å². The van der Waals surface area contributed by atoms with Crippen LogP contribution in [-0.4, -0.2) is 44.6 Å². The third-order valence-electron chi connectivity index (χ3n) is 5.04. The van der Waals surface area contributed by atoms with Gasteiger partial charge in [0.25, 0.3) is 0 Å². The minimum atomic E-state index is -3.54. The molecule has 1 aromatic carbocycles. The van der Waals surface area contributed by atoms with Gasteiger partial charge in [0.15, 0.2) is 5.82 Å². The monoisotopic (exact) mass is 392 g/mol. The van der Waals surface area contributed by atoms with E-state index in [0.717, 1.165) is 43.0 Å². The largest absolute Gasteiger partial charge is 0.493 e. The second-order valence-electron chi connectivity index (χ2n) is 6.85. The Kier molecular flexibility index (Phi) is 4.96. The number of halogens is 1. The van der Waals surface area contributed by atoms with E-state index in [2.05, 4.69) is 14.7 Å². The first-order chi connectivity index (χ1) is 13.0. The lowest BCUT2D eigenvalue weighted by atomic mass is 9.97. The number of piperidine rings is 1. The summed E-state index contributed by atoms with van der Waals surface area (Å²) in [6, 6.07) is 5.00. The van der Waals surface area contributed by atoms with Gasteiger partial charge in [0, 0.05) is 26.1 Å². The van der Waals surface area contributed by atoms with Gasteiger partial charge >= 0.3 is 0 Å². The Morgan fingerprint density at radius 3 is 2.70 bits per heavy atom. The van der Waals surface area contributed by atoms with Gasteiger partial charge in [0.1, 0.15) is 5.75 Å². The highest BCUT2D eigenvalue weighted by atomic mass is 32.2. The summed E-state index contributed by atoms with van der Waals surface area (Å²) in [5.74, 6) is 1.07. The zero-order chi connectivity index (χ0) is 18.9. The highest BCUT2D eigenvalue weighted by molar-refractivity contribution is 7.89. The molecule has 0 unspecified atom stereocenters. The van der Waals surface area contributed by atoms with Gasteiger partial charge in [0.2, 0.25) is 16.0 Å². The first kappa shape index (κ1) is 18.1. The molecule has 0 atom stereocenters. The van der Waals surface area contributed by atoms with E-state index in [1.165, 1.54) is 0 Å². The quantitative estimate of drug-likeness (QED) is 0.835. The lowest BCUT2D eigenvalue weighted by Gasteiger charge is -2.31. The van der Waals surface area contributed by atoms with Crippen molar-refractivity contribution in [1.29, 1.82) is 0 Å². The molecule has 1 aromatic heterocycles. The molecular formula is C18H21FN4O3S. The lowest BCUT2D eigenvalue weighted by molar-refractivity contribution is 0.356. The van der Waals surface area contributed by atoms with Crippen LogP contribution in [0.5, 0.6) is 5.75 Å². The van der Waals surface area contributed by atoms with Crippen molar-refractivity contribution in [2.24, 2.45) is 5.92 Å². The number of nitrogens with one attached hydrogen (secondary N) is 1. The number of nitrogens with zero attached hydrogens (tertiary/aromatic N) is 3. The Morgan fingerprint density at radius 2 is 1.96 bits per heavy atom. The van der Waals surface area contributed by atoms with Crippen LogP contribution in [0, 0.1) is 11.7 Å². The predicted octanol–water partition coefficient (Wildman–Crippen LogP) is 1.75. The Bertz CT molecular complexity index is 913. The number of hydrogen-bond acceptors (Lipinski definition) is 6. The summed E-state index contributed by atoms with van der Waals surface area (Å²) in [4.78, 5) is 10.3. The summed E-state index contributed by atoms with van der Waals surface area (Å²) in [6.07, 6.45) is 4.69. The average molecular weight is 392 g/mol. The number of fused-ring (bicyclic) bond motifs is 1. The van der Waals surface area contributed by atoms with Gasteiger partial charge in [-0.3, -0.25) is 0 Å². The molecule has 0 radical (unpaired) electrons. The van der Waals surface area contributed by atoms with E-state index >= 15 is 0 Å². The fourth-order valence-electron chi connectivity index (χ4n) is 3.45. The number of hydrogen-bond donors (Lipinski definition) is 1.